The normalized spacial score (nSPS) is 14.7. The van der Waals surface area contributed by atoms with Crippen LogP contribution in [0.25, 0.3) is 11.6 Å². The van der Waals surface area contributed by atoms with Gasteiger partial charge in [-0.1, -0.05) is 29.3 Å². The smallest absolute Gasteiger partial charge is 0.422 e. The van der Waals surface area contributed by atoms with Crippen molar-refractivity contribution >= 4 is 58.5 Å². The summed E-state index contributed by atoms with van der Waals surface area (Å²) in [5, 5.41) is 0.748. The molecule has 0 N–H and O–H groups in total. The predicted molar refractivity (Wildman–Crippen MR) is 136 cm³/mol. The van der Waals surface area contributed by atoms with Gasteiger partial charge in [0.15, 0.2) is 5.60 Å². The average Bonchev–Trinajstić information content (AvgIpc) is 2.99. The maximum atomic E-state index is 13.4. The molecule has 2 amide bonds. The minimum atomic E-state index is -1.30. The lowest BCUT2D eigenvalue weighted by molar-refractivity contribution is -0.158. The molecule has 9 heteroatoms. The lowest BCUT2D eigenvalue weighted by atomic mass is 10.0. The maximum Gasteiger partial charge on any atom is 0.422 e. The number of hydrogen-bond donors (Lipinski definition) is 0. The van der Waals surface area contributed by atoms with Crippen molar-refractivity contribution in [3.05, 3.63) is 57.6 Å². The molecule has 7 nitrogen and oxygen atoms in total. The SMILES string of the molecule is CCOC(=O)C(C)(C)Oc1ccc(Cl)cc1/C=C1\C(=O)N(C(=O)OC(C)(C)C)c2cc(Cl)ccc21. The highest BCUT2D eigenvalue weighted by atomic mass is 35.5. The van der Waals surface area contributed by atoms with Crippen molar-refractivity contribution in [3.8, 4) is 5.75 Å². The molecule has 0 aliphatic carbocycles. The van der Waals surface area contributed by atoms with Gasteiger partial charge in [-0.2, -0.15) is 0 Å². The Bertz CT molecular complexity index is 1210. The number of esters is 1. The van der Waals surface area contributed by atoms with E-state index in [-0.39, 0.29) is 12.2 Å². The molecule has 3 rings (SSSR count). The number of carbonyl (C=O) groups is 3. The Morgan fingerprint density at radius 3 is 2.26 bits per heavy atom. The highest BCUT2D eigenvalue weighted by Gasteiger charge is 2.40. The molecule has 35 heavy (non-hydrogen) atoms. The van der Waals surface area contributed by atoms with Crippen LogP contribution in [0.1, 0.15) is 52.7 Å². The fourth-order valence-corrected chi connectivity index (χ4v) is 3.74. The standard InChI is InChI=1S/C26H27Cl2NO6/c1-7-33-23(31)26(5,6)34-21-11-9-16(27)12-15(21)13-19-18-10-8-17(28)14-20(18)29(22(19)30)24(32)35-25(2,3)4/h8-14H,7H2,1-6H3/b19-13-. The first kappa shape index (κ1) is 26.6. The number of rotatable bonds is 5. The van der Waals surface area contributed by atoms with E-state index in [1.165, 1.54) is 6.07 Å². The van der Waals surface area contributed by atoms with Crippen molar-refractivity contribution in [3.63, 3.8) is 0 Å². The molecule has 0 radical (unpaired) electrons. The molecule has 1 aliphatic rings. The zero-order valence-corrected chi connectivity index (χ0v) is 21.9. The van der Waals surface area contributed by atoms with Gasteiger partial charge in [0.2, 0.25) is 0 Å². The van der Waals surface area contributed by atoms with Crippen molar-refractivity contribution in [2.75, 3.05) is 11.5 Å². The Labute approximate surface area is 214 Å². The van der Waals surface area contributed by atoms with Crippen LogP contribution in [0.5, 0.6) is 5.75 Å². The largest absolute Gasteiger partial charge is 0.476 e. The lowest BCUT2D eigenvalue weighted by Gasteiger charge is -2.25. The summed E-state index contributed by atoms with van der Waals surface area (Å²) in [6.45, 7) is 10.2. The van der Waals surface area contributed by atoms with Crippen molar-refractivity contribution in [2.24, 2.45) is 0 Å². The summed E-state index contributed by atoms with van der Waals surface area (Å²) in [7, 11) is 0. The van der Waals surface area contributed by atoms with E-state index in [4.69, 9.17) is 37.4 Å². The first-order valence-corrected chi connectivity index (χ1v) is 11.7. The second kappa shape index (κ2) is 9.91. The number of halogens is 2. The number of imide groups is 1. The minimum Gasteiger partial charge on any atom is -0.476 e. The van der Waals surface area contributed by atoms with Crippen LogP contribution < -0.4 is 9.64 Å². The zero-order chi connectivity index (χ0) is 26.1. The van der Waals surface area contributed by atoms with Gasteiger partial charge in [0.25, 0.3) is 5.91 Å². The van der Waals surface area contributed by atoms with E-state index in [0.29, 0.717) is 32.6 Å². The highest BCUT2D eigenvalue weighted by Crippen LogP contribution is 2.41. The Morgan fingerprint density at radius 1 is 1.00 bits per heavy atom. The molecule has 0 aromatic heterocycles. The van der Waals surface area contributed by atoms with Gasteiger partial charge in [-0.05, 0) is 78.0 Å². The van der Waals surface area contributed by atoms with Crippen LogP contribution in [0.2, 0.25) is 10.0 Å². The number of anilines is 1. The molecule has 0 atom stereocenters. The molecule has 0 bridgehead atoms. The first-order valence-electron chi connectivity index (χ1n) is 11.0. The van der Waals surface area contributed by atoms with Crippen LogP contribution in [0.4, 0.5) is 10.5 Å². The summed E-state index contributed by atoms with van der Waals surface area (Å²) in [5.41, 5.74) is -0.672. The molecule has 2 aromatic carbocycles. The molecule has 0 saturated heterocycles. The highest BCUT2D eigenvalue weighted by molar-refractivity contribution is 6.42. The van der Waals surface area contributed by atoms with Crippen molar-refractivity contribution in [1.82, 2.24) is 0 Å². The Kier molecular flexibility index (Phi) is 7.53. The summed E-state index contributed by atoms with van der Waals surface area (Å²) in [6.07, 6.45) is 0.738. The fraction of sp³-hybridized carbons (Fsp3) is 0.346. The Hall–Kier alpha value is -3.03. The van der Waals surface area contributed by atoms with Gasteiger partial charge in [0.05, 0.1) is 17.9 Å². The van der Waals surface area contributed by atoms with Crippen molar-refractivity contribution < 1.29 is 28.6 Å². The Morgan fingerprint density at radius 2 is 1.63 bits per heavy atom. The van der Waals surface area contributed by atoms with E-state index in [9.17, 15) is 14.4 Å². The molecular weight excluding hydrogens is 493 g/mol. The number of benzene rings is 2. The van der Waals surface area contributed by atoms with Crippen molar-refractivity contribution in [2.45, 2.75) is 52.7 Å². The second-order valence-electron chi connectivity index (χ2n) is 9.36. The number of carbonyl (C=O) groups excluding carboxylic acids is 3. The molecule has 0 unspecified atom stereocenters. The van der Waals surface area contributed by atoms with E-state index in [1.807, 2.05) is 0 Å². The molecule has 0 saturated carbocycles. The number of hydrogen-bond acceptors (Lipinski definition) is 6. The topological polar surface area (TPSA) is 82.1 Å². The van der Waals surface area contributed by atoms with Gasteiger partial charge in [0.1, 0.15) is 11.4 Å². The zero-order valence-electron chi connectivity index (χ0n) is 20.4. The summed E-state index contributed by atoms with van der Waals surface area (Å²) in [5.74, 6) is -0.826. The number of nitrogens with zero attached hydrogens (tertiary/aromatic N) is 1. The molecule has 2 aromatic rings. The Balaban J connectivity index is 2.10. The van der Waals surface area contributed by atoms with E-state index in [1.54, 1.807) is 78.0 Å². The minimum absolute atomic E-state index is 0.206. The van der Waals surface area contributed by atoms with Crippen LogP contribution in [-0.2, 0) is 19.1 Å². The van der Waals surface area contributed by atoms with Crippen LogP contribution in [0, 0.1) is 0 Å². The summed E-state index contributed by atoms with van der Waals surface area (Å²) < 4.78 is 16.5. The third kappa shape index (κ3) is 5.97. The fourth-order valence-electron chi connectivity index (χ4n) is 3.39. The predicted octanol–water partition coefficient (Wildman–Crippen LogP) is 6.54. The monoisotopic (exact) mass is 519 g/mol. The first-order chi connectivity index (χ1) is 16.2. The van der Waals surface area contributed by atoms with Gasteiger partial charge in [-0.15, -0.1) is 0 Å². The third-order valence-corrected chi connectivity index (χ3v) is 5.37. The quantitative estimate of drug-likeness (QED) is 0.329. The van der Waals surface area contributed by atoms with E-state index >= 15 is 0 Å². The molecule has 1 aliphatic heterocycles. The summed E-state index contributed by atoms with van der Waals surface area (Å²) >= 11 is 12.4. The second-order valence-corrected chi connectivity index (χ2v) is 10.2. The summed E-state index contributed by atoms with van der Waals surface area (Å²) in [4.78, 5) is 39.7. The number of amides is 2. The van der Waals surface area contributed by atoms with Gasteiger partial charge in [-0.25, -0.2) is 14.5 Å². The van der Waals surface area contributed by atoms with Crippen LogP contribution in [-0.4, -0.2) is 35.8 Å². The molecule has 0 fully saturated rings. The van der Waals surface area contributed by atoms with Gasteiger partial charge in [-0.3, -0.25) is 4.79 Å². The average molecular weight is 520 g/mol. The molecule has 1 heterocycles. The number of ether oxygens (including phenoxy) is 3. The van der Waals surface area contributed by atoms with Crippen LogP contribution in [0.3, 0.4) is 0 Å². The summed E-state index contributed by atoms with van der Waals surface area (Å²) in [6, 6.07) is 9.61. The van der Waals surface area contributed by atoms with E-state index in [2.05, 4.69) is 0 Å². The van der Waals surface area contributed by atoms with E-state index in [0.717, 1.165) is 4.90 Å². The van der Waals surface area contributed by atoms with Gasteiger partial charge >= 0.3 is 12.1 Å². The molecule has 0 spiro atoms. The van der Waals surface area contributed by atoms with E-state index < -0.39 is 29.2 Å². The molecular formula is C26H27Cl2NO6. The molecule has 186 valence electrons. The van der Waals surface area contributed by atoms with Gasteiger partial charge < -0.3 is 14.2 Å². The third-order valence-electron chi connectivity index (χ3n) is 4.90. The lowest BCUT2D eigenvalue weighted by Crippen LogP contribution is -2.40. The number of fused-ring (bicyclic) bond motifs is 1. The maximum absolute atomic E-state index is 13.4. The van der Waals surface area contributed by atoms with Crippen LogP contribution in [0.15, 0.2) is 36.4 Å². The van der Waals surface area contributed by atoms with Crippen LogP contribution >= 0.6 is 23.2 Å². The van der Waals surface area contributed by atoms with Crippen molar-refractivity contribution in [1.29, 1.82) is 0 Å². The van der Waals surface area contributed by atoms with Gasteiger partial charge in [0, 0.05) is 21.2 Å².